The van der Waals surface area contributed by atoms with Crippen molar-refractivity contribution < 1.29 is 9.13 Å². The average molecular weight is 322 g/mol. The van der Waals surface area contributed by atoms with E-state index in [1.807, 2.05) is 19.1 Å². The SMILES string of the molecule is CCOCCN1CCCN(Cc2ccc(F)cc2)[C@H](C(C)C)C1. The number of hydrogen-bond donors (Lipinski definition) is 0. The van der Waals surface area contributed by atoms with Crippen molar-refractivity contribution in [3.63, 3.8) is 0 Å². The van der Waals surface area contributed by atoms with Crippen molar-refractivity contribution >= 4 is 0 Å². The Labute approximate surface area is 140 Å². The van der Waals surface area contributed by atoms with Crippen LogP contribution in [0.2, 0.25) is 0 Å². The van der Waals surface area contributed by atoms with E-state index in [1.54, 1.807) is 12.1 Å². The lowest BCUT2D eigenvalue weighted by Gasteiger charge is -2.34. The predicted molar refractivity (Wildman–Crippen MR) is 93.0 cm³/mol. The Kier molecular flexibility index (Phi) is 7.47. The summed E-state index contributed by atoms with van der Waals surface area (Å²) in [5.74, 6) is 0.440. The molecule has 3 nitrogen and oxygen atoms in total. The van der Waals surface area contributed by atoms with Crippen LogP contribution in [0.4, 0.5) is 4.39 Å². The van der Waals surface area contributed by atoms with Crippen molar-refractivity contribution in [2.75, 3.05) is 39.4 Å². The van der Waals surface area contributed by atoms with Crippen LogP contribution < -0.4 is 0 Å². The van der Waals surface area contributed by atoms with E-state index < -0.39 is 0 Å². The molecule has 0 bridgehead atoms. The first kappa shape index (κ1) is 18.4. The molecule has 2 rings (SSSR count). The first-order valence-corrected chi connectivity index (χ1v) is 8.88. The van der Waals surface area contributed by atoms with Gasteiger partial charge < -0.3 is 4.74 Å². The molecule has 0 unspecified atom stereocenters. The number of ether oxygens (including phenoxy) is 1. The third kappa shape index (κ3) is 5.87. The molecule has 0 aromatic heterocycles. The summed E-state index contributed by atoms with van der Waals surface area (Å²) >= 11 is 0. The van der Waals surface area contributed by atoms with Crippen LogP contribution >= 0.6 is 0 Å². The minimum Gasteiger partial charge on any atom is -0.380 e. The maximum atomic E-state index is 13.1. The van der Waals surface area contributed by atoms with Gasteiger partial charge in [-0.1, -0.05) is 26.0 Å². The number of benzene rings is 1. The van der Waals surface area contributed by atoms with E-state index in [-0.39, 0.29) is 5.82 Å². The predicted octanol–water partition coefficient (Wildman–Crippen LogP) is 3.39. The molecule has 1 aromatic rings. The molecule has 4 heteroatoms. The van der Waals surface area contributed by atoms with E-state index in [4.69, 9.17) is 4.74 Å². The van der Waals surface area contributed by atoms with Gasteiger partial charge in [0.1, 0.15) is 5.82 Å². The molecule has 1 saturated heterocycles. The minimum absolute atomic E-state index is 0.160. The molecule has 1 aliphatic rings. The molecule has 1 aromatic carbocycles. The van der Waals surface area contributed by atoms with Gasteiger partial charge in [-0.3, -0.25) is 9.80 Å². The van der Waals surface area contributed by atoms with E-state index in [1.165, 1.54) is 12.0 Å². The Morgan fingerprint density at radius 1 is 1.22 bits per heavy atom. The molecule has 0 saturated carbocycles. The van der Waals surface area contributed by atoms with Crippen molar-refractivity contribution in [1.29, 1.82) is 0 Å². The van der Waals surface area contributed by atoms with Crippen molar-refractivity contribution in [2.45, 2.75) is 39.8 Å². The molecule has 23 heavy (non-hydrogen) atoms. The summed E-state index contributed by atoms with van der Waals surface area (Å²) in [6, 6.07) is 7.47. The second-order valence-electron chi connectivity index (χ2n) is 6.76. The van der Waals surface area contributed by atoms with Gasteiger partial charge >= 0.3 is 0 Å². The molecule has 0 spiro atoms. The largest absolute Gasteiger partial charge is 0.380 e. The molecule has 1 fully saturated rings. The number of rotatable bonds is 7. The molecule has 0 radical (unpaired) electrons. The zero-order valence-electron chi connectivity index (χ0n) is 14.8. The van der Waals surface area contributed by atoms with Crippen LogP contribution in [0.25, 0.3) is 0 Å². The van der Waals surface area contributed by atoms with Crippen molar-refractivity contribution in [1.82, 2.24) is 9.80 Å². The van der Waals surface area contributed by atoms with Crippen LogP contribution in [0.15, 0.2) is 24.3 Å². The molecule has 1 heterocycles. The minimum atomic E-state index is -0.160. The van der Waals surface area contributed by atoms with E-state index in [2.05, 4.69) is 23.6 Å². The zero-order valence-corrected chi connectivity index (χ0v) is 14.8. The van der Waals surface area contributed by atoms with Crippen LogP contribution in [-0.2, 0) is 11.3 Å². The second kappa shape index (κ2) is 9.36. The topological polar surface area (TPSA) is 15.7 Å². The quantitative estimate of drug-likeness (QED) is 0.716. The molecular formula is C19H31FN2O. The van der Waals surface area contributed by atoms with Crippen molar-refractivity contribution in [3.8, 4) is 0 Å². The van der Waals surface area contributed by atoms with Crippen LogP contribution in [0, 0.1) is 11.7 Å². The fourth-order valence-corrected chi connectivity index (χ4v) is 3.33. The highest BCUT2D eigenvalue weighted by Gasteiger charge is 2.27. The lowest BCUT2D eigenvalue weighted by Crippen LogP contribution is -2.44. The number of nitrogens with zero attached hydrogens (tertiary/aromatic N) is 2. The van der Waals surface area contributed by atoms with Crippen LogP contribution in [0.3, 0.4) is 0 Å². The summed E-state index contributed by atoms with van der Waals surface area (Å²) in [4.78, 5) is 5.10. The summed E-state index contributed by atoms with van der Waals surface area (Å²) in [5.41, 5.74) is 1.19. The van der Waals surface area contributed by atoms with Gasteiger partial charge in [0, 0.05) is 38.8 Å². The Bertz CT molecular complexity index is 449. The van der Waals surface area contributed by atoms with Gasteiger partial charge in [-0.15, -0.1) is 0 Å². The van der Waals surface area contributed by atoms with Crippen LogP contribution in [0.1, 0.15) is 32.8 Å². The van der Waals surface area contributed by atoms with Gasteiger partial charge in [-0.2, -0.15) is 0 Å². The summed E-state index contributed by atoms with van der Waals surface area (Å²) in [6.45, 7) is 13.5. The van der Waals surface area contributed by atoms with Gasteiger partial charge in [0.15, 0.2) is 0 Å². The summed E-state index contributed by atoms with van der Waals surface area (Å²) in [5, 5.41) is 0. The molecule has 1 aliphatic heterocycles. The normalized spacial score (nSPS) is 20.8. The van der Waals surface area contributed by atoms with Gasteiger partial charge in [0.2, 0.25) is 0 Å². The van der Waals surface area contributed by atoms with E-state index in [0.717, 1.165) is 45.9 Å². The van der Waals surface area contributed by atoms with Crippen molar-refractivity contribution in [3.05, 3.63) is 35.6 Å². The molecule has 1 atom stereocenters. The fourth-order valence-electron chi connectivity index (χ4n) is 3.33. The first-order valence-electron chi connectivity index (χ1n) is 8.88. The maximum absolute atomic E-state index is 13.1. The van der Waals surface area contributed by atoms with E-state index in [9.17, 15) is 4.39 Å². The van der Waals surface area contributed by atoms with Gasteiger partial charge in [-0.25, -0.2) is 4.39 Å². The van der Waals surface area contributed by atoms with Gasteiger partial charge in [0.05, 0.1) is 6.61 Å². The molecular weight excluding hydrogens is 291 g/mol. The third-order valence-electron chi connectivity index (χ3n) is 4.66. The van der Waals surface area contributed by atoms with E-state index >= 15 is 0 Å². The van der Waals surface area contributed by atoms with Crippen molar-refractivity contribution in [2.24, 2.45) is 5.92 Å². The zero-order chi connectivity index (χ0) is 16.7. The first-order chi connectivity index (χ1) is 11.1. The Hall–Kier alpha value is -0.970. The highest BCUT2D eigenvalue weighted by molar-refractivity contribution is 5.16. The fraction of sp³-hybridized carbons (Fsp3) is 0.684. The Balaban J connectivity index is 1.99. The highest BCUT2D eigenvalue weighted by Crippen LogP contribution is 2.20. The number of halogens is 1. The lowest BCUT2D eigenvalue weighted by molar-refractivity contribution is 0.0946. The molecule has 0 aliphatic carbocycles. The lowest BCUT2D eigenvalue weighted by atomic mass is 10.0. The van der Waals surface area contributed by atoms with Gasteiger partial charge in [0.25, 0.3) is 0 Å². The highest BCUT2D eigenvalue weighted by atomic mass is 19.1. The smallest absolute Gasteiger partial charge is 0.123 e. The maximum Gasteiger partial charge on any atom is 0.123 e. The Morgan fingerprint density at radius 2 is 1.96 bits per heavy atom. The molecule has 130 valence electrons. The third-order valence-corrected chi connectivity index (χ3v) is 4.66. The summed E-state index contributed by atoms with van der Waals surface area (Å²) in [6.07, 6.45) is 1.18. The summed E-state index contributed by atoms with van der Waals surface area (Å²) in [7, 11) is 0. The van der Waals surface area contributed by atoms with Crippen LogP contribution in [-0.4, -0.2) is 55.2 Å². The van der Waals surface area contributed by atoms with E-state index in [0.29, 0.717) is 12.0 Å². The van der Waals surface area contributed by atoms with Crippen LogP contribution in [0.5, 0.6) is 0 Å². The monoisotopic (exact) mass is 322 g/mol. The second-order valence-corrected chi connectivity index (χ2v) is 6.76. The number of hydrogen-bond acceptors (Lipinski definition) is 3. The molecule has 0 N–H and O–H groups in total. The summed E-state index contributed by atoms with van der Waals surface area (Å²) < 4.78 is 18.6. The standard InChI is InChI=1S/C19H31FN2O/c1-4-23-13-12-21-10-5-11-22(19(15-21)16(2)3)14-17-6-8-18(20)9-7-17/h6-9,16,19H,4-5,10-15H2,1-3H3/t19-/m0/s1. The van der Waals surface area contributed by atoms with Gasteiger partial charge in [-0.05, 0) is 43.5 Å². The Morgan fingerprint density at radius 3 is 2.61 bits per heavy atom. The molecule has 0 amide bonds. The average Bonchev–Trinajstić information content (AvgIpc) is 2.72.